The number of nitrogen functional groups attached to an aromatic ring is 1. The van der Waals surface area contributed by atoms with E-state index in [0.717, 1.165) is 5.01 Å². The first-order chi connectivity index (χ1) is 14.1. The fourth-order valence-electron chi connectivity index (χ4n) is 2.50. The van der Waals surface area contributed by atoms with Crippen molar-refractivity contribution in [3.63, 3.8) is 0 Å². The van der Waals surface area contributed by atoms with E-state index in [-0.39, 0.29) is 29.5 Å². The van der Waals surface area contributed by atoms with Crippen LogP contribution in [0.25, 0.3) is 11.1 Å². The van der Waals surface area contributed by atoms with Crippen molar-refractivity contribution in [2.24, 2.45) is 5.84 Å². The van der Waals surface area contributed by atoms with Gasteiger partial charge in [-0.2, -0.15) is 18.2 Å². The first-order valence-electron chi connectivity index (χ1n) is 8.53. The molecule has 12 heteroatoms. The maximum Gasteiger partial charge on any atom is 0.422 e. The topological polar surface area (TPSA) is 133 Å². The number of halogens is 3. The summed E-state index contributed by atoms with van der Waals surface area (Å²) in [5.74, 6) is 5.64. The first-order valence-corrected chi connectivity index (χ1v) is 8.53. The van der Waals surface area contributed by atoms with Crippen LogP contribution in [0.15, 0.2) is 41.1 Å². The number of benzene rings is 1. The second-order valence-corrected chi connectivity index (χ2v) is 6.25. The van der Waals surface area contributed by atoms with Crippen LogP contribution in [-0.2, 0) is 6.54 Å². The highest BCUT2D eigenvalue weighted by Crippen LogP contribution is 2.26. The lowest BCUT2D eigenvalue weighted by molar-refractivity contribution is -0.154. The highest BCUT2D eigenvalue weighted by atomic mass is 19.4. The average molecular weight is 422 g/mol. The van der Waals surface area contributed by atoms with Crippen molar-refractivity contribution < 1.29 is 27.2 Å². The first kappa shape index (κ1) is 21.0. The van der Waals surface area contributed by atoms with E-state index in [2.05, 4.69) is 19.9 Å². The van der Waals surface area contributed by atoms with Gasteiger partial charge in [-0.3, -0.25) is 9.80 Å². The zero-order valence-electron chi connectivity index (χ0n) is 15.7. The van der Waals surface area contributed by atoms with E-state index in [1.54, 1.807) is 13.0 Å². The molecule has 0 saturated heterocycles. The molecule has 0 atom stereocenters. The fraction of sp³-hybridized carbons (Fsp3) is 0.222. The Labute approximate surface area is 168 Å². The quantitative estimate of drug-likeness (QED) is 0.268. The van der Waals surface area contributed by atoms with E-state index in [9.17, 15) is 18.0 Å². The van der Waals surface area contributed by atoms with Gasteiger partial charge in [-0.25, -0.2) is 10.8 Å². The summed E-state index contributed by atoms with van der Waals surface area (Å²) in [7, 11) is 0. The fourth-order valence-corrected chi connectivity index (χ4v) is 2.50. The van der Waals surface area contributed by atoms with Crippen LogP contribution in [0.4, 0.5) is 18.9 Å². The molecule has 3 rings (SSSR count). The van der Waals surface area contributed by atoms with Gasteiger partial charge in [0.1, 0.15) is 6.54 Å². The number of anilines is 1. The molecule has 1 amide bonds. The third kappa shape index (κ3) is 5.23. The van der Waals surface area contributed by atoms with Crippen LogP contribution < -0.4 is 16.3 Å². The summed E-state index contributed by atoms with van der Waals surface area (Å²) in [5.41, 5.74) is 7.34. The highest BCUT2D eigenvalue weighted by Gasteiger charge is 2.28. The molecule has 0 aliphatic heterocycles. The monoisotopic (exact) mass is 422 g/mol. The smallest absolute Gasteiger partial charge is 0.422 e. The number of hydrogen-bond donors (Lipinski definition) is 2. The minimum absolute atomic E-state index is 0.0906. The summed E-state index contributed by atoms with van der Waals surface area (Å²) in [4.78, 5) is 20.5. The number of carbonyl (C=O) groups is 1. The lowest BCUT2D eigenvalue weighted by Gasteiger charge is -2.16. The Hall–Kier alpha value is -3.67. The minimum atomic E-state index is -4.46. The molecule has 0 radical (unpaired) electrons. The number of amides is 1. The molecule has 0 unspecified atom stereocenters. The van der Waals surface area contributed by atoms with Gasteiger partial charge in [-0.05, 0) is 23.8 Å². The number of hydrazine groups is 1. The molecule has 3 aromatic rings. The lowest BCUT2D eigenvalue weighted by Crippen LogP contribution is -2.37. The summed E-state index contributed by atoms with van der Waals surface area (Å²) in [6, 6.07) is 7.48. The van der Waals surface area contributed by atoms with Crippen LogP contribution in [0.3, 0.4) is 0 Å². The van der Waals surface area contributed by atoms with E-state index >= 15 is 0 Å². The Balaban J connectivity index is 1.76. The third-order valence-corrected chi connectivity index (χ3v) is 3.88. The number of rotatable bonds is 6. The number of aryl methyl sites for hydroxylation is 1. The number of aromatic nitrogens is 3. The molecule has 0 fully saturated rings. The van der Waals surface area contributed by atoms with Crippen molar-refractivity contribution in [2.45, 2.75) is 19.6 Å². The number of pyridine rings is 1. The van der Waals surface area contributed by atoms with Gasteiger partial charge in [0, 0.05) is 30.4 Å². The van der Waals surface area contributed by atoms with Gasteiger partial charge in [0.15, 0.2) is 12.4 Å². The van der Waals surface area contributed by atoms with Crippen LogP contribution in [0.1, 0.15) is 22.1 Å². The van der Waals surface area contributed by atoms with Crippen molar-refractivity contribution in [1.82, 2.24) is 20.1 Å². The van der Waals surface area contributed by atoms with Crippen molar-refractivity contribution in [3.05, 3.63) is 53.8 Å². The zero-order chi connectivity index (χ0) is 21.9. The Bertz CT molecular complexity index is 1040. The van der Waals surface area contributed by atoms with E-state index in [4.69, 9.17) is 16.1 Å². The molecule has 1 aromatic carbocycles. The predicted octanol–water partition coefficient (Wildman–Crippen LogP) is 2.48. The molecule has 30 heavy (non-hydrogen) atoms. The normalized spacial score (nSPS) is 11.4. The number of alkyl halides is 3. The lowest BCUT2D eigenvalue weighted by atomic mass is 10.0. The minimum Gasteiger partial charge on any atom is -0.468 e. The van der Waals surface area contributed by atoms with Crippen LogP contribution >= 0.6 is 0 Å². The number of nitrogens with two attached hydrogens (primary N) is 2. The number of nitrogens with zero attached hydrogens (tertiary/aromatic N) is 4. The van der Waals surface area contributed by atoms with E-state index < -0.39 is 18.7 Å². The zero-order valence-corrected chi connectivity index (χ0v) is 15.7. The summed E-state index contributed by atoms with van der Waals surface area (Å²) in [5, 5.41) is 4.57. The molecular formula is C18H17F3N6O3. The second-order valence-electron chi connectivity index (χ2n) is 6.25. The standard InChI is InChI=1S/C18H17F3N6O3/c1-10-25-15(26-30-10)8-27(23)17(28)13-6-11(2-4-14(13)22)12-3-5-16(24-7-12)29-9-18(19,20)21/h2-7H,8-9,22-23H2,1H3. The molecule has 0 bridgehead atoms. The van der Waals surface area contributed by atoms with Crippen LogP contribution in [0.2, 0.25) is 0 Å². The SMILES string of the molecule is Cc1nc(CN(N)C(=O)c2cc(-c3ccc(OCC(F)(F)F)nc3)ccc2N)no1. The van der Waals surface area contributed by atoms with Crippen LogP contribution in [-0.4, -0.2) is 38.8 Å². The van der Waals surface area contributed by atoms with Gasteiger partial charge < -0.3 is 15.0 Å². The Morgan fingerprint density at radius 1 is 1.23 bits per heavy atom. The second kappa shape index (κ2) is 8.37. The summed E-state index contributed by atoms with van der Waals surface area (Å²) >= 11 is 0. The van der Waals surface area contributed by atoms with E-state index in [0.29, 0.717) is 17.0 Å². The third-order valence-electron chi connectivity index (χ3n) is 3.88. The van der Waals surface area contributed by atoms with Crippen molar-refractivity contribution in [2.75, 3.05) is 12.3 Å². The van der Waals surface area contributed by atoms with E-state index in [1.807, 2.05) is 0 Å². The molecule has 9 nitrogen and oxygen atoms in total. The number of ether oxygens (including phenoxy) is 1. The summed E-state index contributed by atoms with van der Waals surface area (Å²) < 4.78 is 46.1. The van der Waals surface area contributed by atoms with Gasteiger partial charge in [0.25, 0.3) is 5.91 Å². The molecular weight excluding hydrogens is 405 g/mol. The summed E-state index contributed by atoms with van der Waals surface area (Å²) in [6.45, 7) is 0.0762. The molecule has 0 aliphatic carbocycles. The van der Waals surface area contributed by atoms with Gasteiger partial charge in [0.05, 0.1) is 5.56 Å². The molecule has 2 aromatic heterocycles. The molecule has 0 spiro atoms. The van der Waals surface area contributed by atoms with Gasteiger partial charge in [0.2, 0.25) is 11.8 Å². The highest BCUT2D eigenvalue weighted by molar-refractivity contribution is 6.00. The molecule has 4 N–H and O–H groups in total. The maximum absolute atomic E-state index is 12.7. The van der Waals surface area contributed by atoms with Crippen LogP contribution in [0, 0.1) is 6.92 Å². The maximum atomic E-state index is 12.7. The average Bonchev–Trinajstić information content (AvgIpc) is 3.10. The number of hydrogen-bond acceptors (Lipinski definition) is 8. The predicted molar refractivity (Wildman–Crippen MR) is 98.7 cm³/mol. The Morgan fingerprint density at radius 3 is 2.57 bits per heavy atom. The van der Waals surface area contributed by atoms with Gasteiger partial charge in [-0.1, -0.05) is 11.2 Å². The molecule has 0 aliphatic rings. The van der Waals surface area contributed by atoms with Crippen molar-refractivity contribution in [1.29, 1.82) is 0 Å². The Morgan fingerprint density at radius 2 is 1.97 bits per heavy atom. The van der Waals surface area contributed by atoms with Crippen molar-refractivity contribution >= 4 is 11.6 Å². The van der Waals surface area contributed by atoms with E-state index in [1.165, 1.54) is 30.5 Å². The molecule has 158 valence electrons. The molecule has 0 saturated carbocycles. The van der Waals surface area contributed by atoms with Gasteiger partial charge >= 0.3 is 6.18 Å². The van der Waals surface area contributed by atoms with Gasteiger partial charge in [-0.15, -0.1) is 0 Å². The Kier molecular flexibility index (Phi) is 5.87. The van der Waals surface area contributed by atoms with Crippen LogP contribution in [0.5, 0.6) is 5.88 Å². The molecule has 2 heterocycles. The largest absolute Gasteiger partial charge is 0.468 e. The van der Waals surface area contributed by atoms with Crippen molar-refractivity contribution in [3.8, 4) is 17.0 Å². The number of carbonyl (C=O) groups excluding carboxylic acids is 1. The summed E-state index contributed by atoms with van der Waals surface area (Å²) in [6.07, 6.45) is -3.13.